The van der Waals surface area contributed by atoms with Crippen molar-refractivity contribution in [2.75, 3.05) is 20.1 Å². The maximum atomic E-state index is 10.5. The van der Waals surface area contributed by atoms with Gasteiger partial charge in [-0.15, -0.1) is 0 Å². The third kappa shape index (κ3) is 2.62. The molecule has 70 valence electrons. The summed E-state index contributed by atoms with van der Waals surface area (Å²) in [5.74, 6) is -0.496. The molecule has 1 N–H and O–H groups in total. The maximum Gasteiger partial charge on any atom is 0.308 e. The van der Waals surface area contributed by atoms with Crippen LogP contribution in [0.25, 0.3) is 0 Å². The van der Waals surface area contributed by atoms with Crippen molar-refractivity contribution in [1.82, 2.24) is 4.90 Å². The summed E-state index contributed by atoms with van der Waals surface area (Å²) in [6.07, 6.45) is 0. The van der Waals surface area contributed by atoms with Crippen molar-refractivity contribution in [3.8, 4) is 0 Å². The molecule has 0 bridgehead atoms. The van der Waals surface area contributed by atoms with Crippen molar-refractivity contribution < 1.29 is 14.7 Å². The second-order valence-corrected chi connectivity index (χ2v) is 3.14. The Morgan fingerprint density at radius 1 is 1.50 bits per heavy atom. The zero-order chi connectivity index (χ0) is 9.72. The molecule has 1 aliphatic heterocycles. The van der Waals surface area contributed by atoms with Crippen LogP contribution in [-0.4, -0.2) is 42.9 Å². The number of carbonyl (C=O) groups is 2. The minimum atomic E-state index is -0.656. The highest BCUT2D eigenvalue weighted by Gasteiger charge is 2.32. The molecule has 0 aromatic carbocycles. The average molecular weight is 173 g/mol. The minimum Gasteiger partial charge on any atom is -0.481 e. The first-order chi connectivity index (χ1) is 5.61. The van der Waals surface area contributed by atoms with Gasteiger partial charge < -0.3 is 14.8 Å². The van der Waals surface area contributed by atoms with Crippen LogP contribution in [0.1, 0.15) is 6.92 Å². The summed E-state index contributed by atoms with van der Waals surface area (Å²) < 4.78 is 0. The molecule has 0 aromatic rings. The molecular weight excluding hydrogens is 158 g/mol. The Kier molecular flexibility index (Phi) is 4.51. The van der Waals surface area contributed by atoms with Gasteiger partial charge in [0.2, 0.25) is 0 Å². The standard InChI is InChI=1S/C7H13NO2.CH2O/c1-5-3-8(2)4-6(5)7(9)10;1-2/h5-6H,3-4H2,1-2H3,(H,9,10);1H2. The number of carboxylic acids is 1. The number of carboxylic acid groups (broad SMARTS) is 1. The van der Waals surface area contributed by atoms with Gasteiger partial charge in [-0.3, -0.25) is 4.79 Å². The lowest BCUT2D eigenvalue weighted by molar-refractivity contribution is -0.142. The zero-order valence-electron chi connectivity index (χ0n) is 7.49. The van der Waals surface area contributed by atoms with Gasteiger partial charge in [-0.05, 0) is 13.0 Å². The predicted molar refractivity (Wildman–Crippen MR) is 44.9 cm³/mol. The Labute approximate surface area is 72.2 Å². The van der Waals surface area contributed by atoms with Crippen molar-refractivity contribution in [1.29, 1.82) is 0 Å². The summed E-state index contributed by atoms with van der Waals surface area (Å²) in [4.78, 5) is 20.6. The normalized spacial score (nSPS) is 29.2. The lowest BCUT2D eigenvalue weighted by Crippen LogP contribution is -2.20. The Balaban J connectivity index is 0.000000561. The molecular formula is C8H15NO3. The van der Waals surface area contributed by atoms with Crippen LogP contribution in [0.2, 0.25) is 0 Å². The molecule has 0 radical (unpaired) electrons. The minimum absolute atomic E-state index is 0.148. The van der Waals surface area contributed by atoms with E-state index in [9.17, 15) is 4.79 Å². The van der Waals surface area contributed by atoms with Gasteiger partial charge in [0.15, 0.2) is 0 Å². The van der Waals surface area contributed by atoms with Crippen LogP contribution in [0.5, 0.6) is 0 Å². The molecule has 0 aliphatic carbocycles. The molecule has 1 fully saturated rings. The predicted octanol–water partition coefficient (Wildman–Crippen LogP) is 0.0838. The monoisotopic (exact) mass is 173 g/mol. The second-order valence-electron chi connectivity index (χ2n) is 3.14. The van der Waals surface area contributed by atoms with Crippen molar-refractivity contribution in [3.05, 3.63) is 0 Å². The molecule has 0 spiro atoms. The van der Waals surface area contributed by atoms with Crippen LogP contribution < -0.4 is 0 Å². The Bertz CT molecular complexity index is 160. The molecule has 2 atom stereocenters. The molecule has 0 amide bonds. The summed E-state index contributed by atoms with van der Waals surface area (Å²) in [6.45, 7) is 5.61. The molecule has 1 saturated heterocycles. The lowest BCUT2D eigenvalue weighted by Gasteiger charge is -2.06. The number of carbonyl (C=O) groups excluding carboxylic acids is 1. The van der Waals surface area contributed by atoms with Gasteiger partial charge >= 0.3 is 5.97 Å². The molecule has 2 unspecified atom stereocenters. The van der Waals surface area contributed by atoms with E-state index in [4.69, 9.17) is 9.90 Å². The number of likely N-dealkylation sites (tertiary alicyclic amines) is 1. The molecule has 0 aromatic heterocycles. The number of hydrogen-bond donors (Lipinski definition) is 1. The SMILES string of the molecule is C=O.CC1CN(C)CC1C(=O)O. The highest BCUT2D eigenvalue weighted by molar-refractivity contribution is 5.71. The fraction of sp³-hybridized carbons (Fsp3) is 0.750. The van der Waals surface area contributed by atoms with Crippen LogP contribution in [0, 0.1) is 11.8 Å². The Morgan fingerprint density at radius 2 is 2.00 bits per heavy atom. The second kappa shape index (κ2) is 4.87. The van der Waals surface area contributed by atoms with E-state index in [1.807, 2.05) is 20.8 Å². The molecule has 0 saturated carbocycles. The molecule has 12 heavy (non-hydrogen) atoms. The van der Waals surface area contributed by atoms with E-state index in [2.05, 4.69) is 4.90 Å². The van der Waals surface area contributed by atoms with E-state index < -0.39 is 5.97 Å². The van der Waals surface area contributed by atoms with E-state index in [0.29, 0.717) is 12.5 Å². The number of hydrogen-bond acceptors (Lipinski definition) is 3. The molecule has 1 aliphatic rings. The van der Waals surface area contributed by atoms with Crippen LogP contribution in [0.4, 0.5) is 0 Å². The smallest absolute Gasteiger partial charge is 0.308 e. The highest BCUT2D eigenvalue weighted by atomic mass is 16.4. The van der Waals surface area contributed by atoms with Crippen molar-refractivity contribution in [2.45, 2.75) is 6.92 Å². The summed E-state index contributed by atoms with van der Waals surface area (Å²) in [5.41, 5.74) is 0. The maximum absolute atomic E-state index is 10.5. The number of nitrogens with zero attached hydrogens (tertiary/aromatic N) is 1. The van der Waals surface area contributed by atoms with Gasteiger partial charge in [0.05, 0.1) is 5.92 Å². The van der Waals surface area contributed by atoms with Crippen molar-refractivity contribution >= 4 is 12.8 Å². The summed E-state index contributed by atoms with van der Waals surface area (Å²) in [7, 11) is 1.96. The van der Waals surface area contributed by atoms with E-state index in [1.165, 1.54) is 0 Å². The molecule has 1 rings (SSSR count). The first kappa shape index (κ1) is 11.1. The van der Waals surface area contributed by atoms with Gasteiger partial charge in [0, 0.05) is 13.1 Å². The first-order valence-electron chi connectivity index (χ1n) is 3.81. The van der Waals surface area contributed by atoms with Gasteiger partial charge in [0.25, 0.3) is 0 Å². The summed E-state index contributed by atoms with van der Waals surface area (Å²) in [5, 5.41) is 8.67. The molecule has 4 heteroatoms. The number of aliphatic carboxylic acids is 1. The Hall–Kier alpha value is -0.900. The highest BCUT2D eigenvalue weighted by Crippen LogP contribution is 2.20. The lowest BCUT2D eigenvalue weighted by atomic mass is 9.99. The fourth-order valence-corrected chi connectivity index (χ4v) is 1.53. The molecule has 4 nitrogen and oxygen atoms in total. The van der Waals surface area contributed by atoms with Crippen LogP contribution >= 0.6 is 0 Å². The van der Waals surface area contributed by atoms with E-state index in [0.717, 1.165) is 6.54 Å². The third-order valence-corrected chi connectivity index (χ3v) is 2.11. The van der Waals surface area contributed by atoms with E-state index >= 15 is 0 Å². The van der Waals surface area contributed by atoms with Crippen molar-refractivity contribution in [2.24, 2.45) is 11.8 Å². The summed E-state index contributed by atoms with van der Waals surface area (Å²) in [6, 6.07) is 0. The van der Waals surface area contributed by atoms with Gasteiger partial charge in [-0.25, -0.2) is 0 Å². The molecule has 1 heterocycles. The van der Waals surface area contributed by atoms with Gasteiger partial charge in [-0.2, -0.15) is 0 Å². The summed E-state index contributed by atoms with van der Waals surface area (Å²) >= 11 is 0. The topological polar surface area (TPSA) is 57.6 Å². The van der Waals surface area contributed by atoms with Crippen LogP contribution in [-0.2, 0) is 9.59 Å². The average Bonchev–Trinajstić information content (AvgIpc) is 2.34. The van der Waals surface area contributed by atoms with Crippen molar-refractivity contribution in [3.63, 3.8) is 0 Å². The van der Waals surface area contributed by atoms with Crippen LogP contribution in [0.15, 0.2) is 0 Å². The first-order valence-corrected chi connectivity index (χ1v) is 3.81. The zero-order valence-corrected chi connectivity index (χ0v) is 7.49. The largest absolute Gasteiger partial charge is 0.481 e. The Morgan fingerprint density at radius 3 is 2.17 bits per heavy atom. The fourth-order valence-electron chi connectivity index (χ4n) is 1.53. The van der Waals surface area contributed by atoms with Gasteiger partial charge in [0.1, 0.15) is 6.79 Å². The quantitative estimate of drug-likeness (QED) is 0.610. The van der Waals surface area contributed by atoms with E-state index in [-0.39, 0.29) is 5.92 Å². The third-order valence-electron chi connectivity index (χ3n) is 2.11. The number of rotatable bonds is 1. The van der Waals surface area contributed by atoms with Gasteiger partial charge in [-0.1, -0.05) is 6.92 Å². The van der Waals surface area contributed by atoms with Crippen LogP contribution in [0.3, 0.4) is 0 Å². The van der Waals surface area contributed by atoms with E-state index in [1.54, 1.807) is 0 Å².